The van der Waals surface area contributed by atoms with E-state index in [1.54, 1.807) is 18.3 Å². The number of nitrogens with zero attached hydrogens (tertiary/aromatic N) is 3. The molecule has 0 unspecified atom stereocenters. The molecular weight excluding hydrogens is 302 g/mol. The van der Waals surface area contributed by atoms with Gasteiger partial charge in [-0.25, -0.2) is 13.5 Å². The van der Waals surface area contributed by atoms with E-state index in [0.717, 1.165) is 17.3 Å². The van der Waals surface area contributed by atoms with Crippen molar-refractivity contribution in [2.45, 2.75) is 0 Å². The fraction of sp³-hybridized carbons (Fsp3) is 0. The highest BCUT2D eigenvalue weighted by Gasteiger charge is 2.17. The summed E-state index contributed by atoms with van der Waals surface area (Å²) in [7, 11) is 0. The van der Waals surface area contributed by atoms with Crippen molar-refractivity contribution < 1.29 is 13.9 Å². The number of phenols is 1. The molecule has 0 bridgehead atoms. The van der Waals surface area contributed by atoms with Crippen molar-refractivity contribution >= 4 is 10.9 Å². The van der Waals surface area contributed by atoms with Crippen molar-refractivity contribution in [3.8, 4) is 22.7 Å². The van der Waals surface area contributed by atoms with Gasteiger partial charge < -0.3 is 5.11 Å². The Labute approximate surface area is 128 Å². The number of hydrogen-bond acceptors (Lipinski definition) is 3. The minimum Gasteiger partial charge on any atom is -0.503 e. The summed E-state index contributed by atoms with van der Waals surface area (Å²) in [5.74, 6) is -3.05. The number of nitrogens with one attached hydrogen (secondary N) is 1. The molecule has 0 amide bonds. The summed E-state index contributed by atoms with van der Waals surface area (Å²) in [5, 5.41) is 20.6. The SMILES string of the molecule is Oc1c(F)cc2cnn(-c3ccc(-c4cc[nH]n4)cc3)c2c1F. The summed E-state index contributed by atoms with van der Waals surface area (Å²) in [5.41, 5.74) is 2.29. The van der Waals surface area contributed by atoms with Crippen LogP contribution in [0.25, 0.3) is 27.8 Å². The van der Waals surface area contributed by atoms with Crippen molar-refractivity contribution in [3.63, 3.8) is 0 Å². The molecule has 4 rings (SSSR count). The number of H-pyrrole nitrogens is 1. The third-order valence-corrected chi connectivity index (χ3v) is 3.63. The zero-order valence-electron chi connectivity index (χ0n) is 11.7. The van der Waals surface area contributed by atoms with Gasteiger partial charge in [0, 0.05) is 17.1 Å². The van der Waals surface area contributed by atoms with Gasteiger partial charge in [-0.05, 0) is 24.3 Å². The van der Waals surface area contributed by atoms with Gasteiger partial charge in [-0.1, -0.05) is 12.1 Å². The average molecular weight is 312 g/mol. The Morgan fingerprint density at radius 3 is 2.57 bits per heavy atom. The smallest absolute Gasteiger partial charge is 0.194 e. The Morgan fingerprint density at radius 2 is 1.87 bits per heavy atom. The number of aromatic nitrogens is 4. The summed E-state index contributed by atoms with van der Waals surface area (Å²) >= 11 is 0. The molecule has 0 atom stereocenters. The minimum absolute atomic E-state index is 0.0245. The van der Waals surface area contributed by atoms with Crippen molar-refractivity contribution in [1.82, 2.24) is 20.0 Å². The maximum atomic E-state index is 14.2. The Morgan fingerprint density at radius 1 is 1.09 bits per heavy atom. The van der Waals surface area contributed by atoms with E-state index in [9.17, 15) is 13.9 Å². The third kappa shape index (κ3) is 2.05. The van der Waals surface area contributed by atoms with Gasteiger partial charge in [0.1, 0.15) is 5.52 Å². The Kier molecular flexibility index (Phi) is 2.87. The van der Waals surface area contributed by atoms with Crippen LogP contribution >= 0.6 is 0 Å². The molecule has 0 fully saturated rings. The maximum Gasteiger partial charge on any atom is 0.194 e. The number of fused-ring (bicyclic) bond motifs is 1. The summed E-state index contributed by atoms with van der Waals surface area (Å²) in [6, 6.07) is 10.0. The van der Waals surface area contributed by atoms with Gasteiger partial charge in [-0.2, -0.15) is 10.2 Å². The fourth-order valence-electron chi connectivity index (χ4n) is 2.50. The van der Waals surface area contributed by atoms with E-state index in [0.29, 0.717) is 5.69 Å². The number of halogens is 2. The van der Waals surface area contributed by atoms with Crippen LogP contribution in [0, 0.1) is 11.6 Å². The second kappa shape index (κ2) is 4.91. The number of phenolic OH excluding ortho intramolecular Hbond substituents is 1. The van der Waals surface area contributed by atoms with Crippen LogP contribution < -0.4 is 0 Å². The van der Waals surface area contributed by atoms with Gasteiger partial charge in [-0.3, -0.25) is 5.10 Å². The van der Waals surface area contributed by atoms with Gasteiger partial charge in [0.25, 0.3) is 0 Å². The molecule has 0 aliphatic rings. The summed E-state index contributed by atoms with van der Waals surface area (Å²) in [6.07, 6.45) is 3.07. The summed E-state index contributed by atoms with van der Waals surface area (Å²) in [4.78, 5) is 0. The lowest BCUT2D eigenvalue weighted by molar-refractivity contribution is 0.399. The van der Waals surface area contributed by atoms with Crippen LogP contribution in [-0.2, 0) is 0 Å². The second-order valence-electron chi connectivity index (χ2n) is 5.02. The van der Waals surface area contributed by atoms with E-state index in [4.69, 9.17) is 0 Å². The van der Waals surface area contributed by atoms with E-state index in [1.807, 2.05) is 18.2 Å². The molecule has 0 saturated carbocycles. The molecule has 7 heteroatoms. The lowest BCUT2D eigenvalue weighted by Gasteiger charge is -2.06. The van der Waals surface area contributed by atoms with Crippen LogP contribution in [0.3, 0.4) is 0 Å². The van der Waals surface area contributed by atoms with E-state index in [-0.39, 0.29) is 10.9 Å². The van der Waals surface area contributed by atoms with Gasteiger partial charge in [0.05, 0.1) is 17.6 Å². The first-order valence-corrected chi connectivity index (χ1v) is 6.80. The van der Waals surface area contributed by atoms with Crippen molar-refractivity contribution in [2.75, 3.05) is 0 Å². The summed E-state index contributed by atoms with van der Waals surface area (Å²) < 4.78 is 28.9. The molecule has 2 aromatic carbocycles. The fourth-order valence-corrected chi connectivity index (χ4v) is 2.50. The Bertz CT molecular complexity index is 991. The van der Waals surface area contributed by atoms with Crippen molar-refractivity contribution in [1.29, 1.82) is 0 Å². The molecule has 0 saturated heterocycles. The topological polar surface area (TPSA) is 66.7 Å². The van der Waals surface area contributed by atoms with Crippen LogP contribution in [0.2, 0.25) is 0 Å². The highest BCUT2D eigenvalue weighted by atomic mass is 19.1. The largest absolute Gasteiger partial charge is 0.503 e. The molecular formula is C16H10F2N4O. The average Bonchev–Trinajstić information content (AvgIpc) is 3.22. The van der Waals surface area contributed by atoms with Crippen LogP contribution in [0.1, 0.15) is 0 Å². The normalized spacial score (nSPS) is 11.2. The number of benzene rings is 2. The maximum absolute atomic E-state index is 14.2. The monoisotopic (exact) mass is 312 g/mol. The molecule has 0 aliphatic heterocycles. The minimum atomic E-state index is -1.03. The van der Waals surface area contributed by atoms with Gasteiger partial charge in [-0.15, -0.1) is 0 Å². The lowest BCUT2D eigenvalue weighted by atomic mass is 10.1. The van der Waals surface area contributed by atoms with Crippen LogP contribution in [-0.4, -0.2) is 25.1 Å². The van der Waals surface area contributed by atoms with Gasteiger partial charge >= 0.3 is 0 Å². The van der Waals surface area contributed by atoms with E-state index >= 15 is 0 Å². The van der Waals surface area contributed by atoms with Gasteiger partial charge in [0.2, 0.25) is 0 Å². The molecule has 2 heterocycles. The van der Waals surface area contributed by atoms with Crippen LogP contribution in [0.15, 0.2) is 48.8 Å². The first kappa shape index (κ1) is 13.4. The molecule has 0 radical (unpaired) electrons. The zero-order chi connectivity index (χ0) is 16.0. The summed E-state index contributed by atoms with van der Waals surface area (Å²) in [6.45, 7) is 0. The van der Waals surface area contributed by atoms with E-state index in [1.165, 1.54) is 10.9 Å². The number of aromatic hydroxyl groups is 1. The van der Waals surface area contributed by atoms with E-state index in [2.05, 4.69) is 15.3 Å². The molecule has 2 aromatic heterocycles. The molecule has 114 valence electrons. The molecule has 5 nitrogen and oxygen atoms in total. The predicted molar refractivity (Wildman–Crippen MR) is 80.2 cm³/mol. The van der Waals surface area contributed by atoms with Gasteiger partial charge in [0.15, 0.2) is 17.4 Å². The lowest BCUT2D eigenvalue weighted by Crippen LogP contribution is -1.98. The first-order valence-electron chi connectivity index (χ1n) is 6.80. The van der Waals surface area contributed by atoms with E-state index < -0.39 is 17.4 Å². The second-order valence-corrected chi connectivity index (χ2v) is 5.02. The van der Waals surface area contributed by atoms with Crippen molar-refractivity contribution in [3.05, 3.63) is 60.4 Å². The first-order chi connectivity index (χ1) is 11.1. The standard InChI is InChI=1S/C16H10F2N4O/c17-12-7-10-8-20-22(15(10)14(18)16(12)23)11-3-1-9(2-4-11)13-5-6-19-21-13/h1-8,23H,(H,19,21). The Balaban J connectivity index is 1.85. The van der Waals surface area contributed by atoms with Crippen molar-refractivity contribution in [2.24, 2.45) is 0 Å². The zero-order valence-corrected chi connectivity index (χ0v) is 11.7. The number of hydrogen-bond donors (Lipinski definition) is 2. The predicted octanol–water partition coefficient (Wildman–Crippen LogP) is 3.40. The number of aromatic amines is 1. The van der Waals surface area contributed by atoms with Crippen LogP contribution in [0.5, 0.6) is 5.75 Å². The van der Waals surface area contributed by atoms with Crippen LogP contribution in [0.4, 0.5) is 8.78 Å². The third-order valence-electron chi connectivity index (χ3n) is 3.63. The quantitative estimate of drug-likeness (QED) is 0.596. The molecule has 4 aromatic rings. The number of rotatable bonds is 2. The highest BCUT2D eigenvalue weighted by molar-refractivity contribution is 5.82. The molecule has 2 N–H and O–H groups in total. The Hall–Kier alpha value is -3.22. The molecule has 23 heavy (non-hydrogen) atoms. The highest BCUT2D eigenvalue weighted by Crippen LogP contribution is 2.30. The molecule has 0 spiro atoms. The molecule has 0 aliphatic carbocycles.